The van der Waals surface area contributed by atoms with Crippen LogP contribution in [0.2, 0.25) is 0 Å². The molecule has 2 aliphatic rings. The Morgan fingerprint density at radius 2 is 0.674 bits per heavy atom. The van der Waals surface area contributed by atoms with Gasteiger partial charge in [-0.3, -0.25) is 9.59 Å². The summed E-state index contributed by atoms with van der Waals surface area (Å²) in [6, 6.07) is 33.5. The first-order chi connectivity index (χ1) is 40.5. The number of sulfonamides is 2. The summed E-state index contributed by atoms with van der Waals surface area (Å²) in [5, 5.41) is 0. The average Bonchev–Trinajstić information content (AvgIpc) is 1.13. The summed E-state index contributed by atoms with van der Waals surface area (Å²) < 4.78 is 97.7. The average molecular weight is 1210 g/mol. The van der Waals surface area contributed by atoms with Gasteiger partial charge in [-0.1, -0.05) is 168 Å². The maximum atomic E-state index is 13.4. The molecular weight excluding hydrogens is 1120 g/mol. The first kappa shape index (κ1) is 65.3. The lowest BCUT2D eigenvalue weighted by atomic mass is 9.79. The van der Waals surface area contributed by atoms with E-state index in [0.717, 1.165) is 78.3 Å². The van der Waals surface area contributed by atoms with Gasteiger partial charge in [0.25, 0.3) is 20.0 Å². The van der Waals surface area contributed by atoms with Gasteiger partial charge in [0.15, 0.2) is 0 Å². The minimum absolute atomic E-state index is 0.00373. The number of benzene rings is 6. The molecule has 16 heteroatoms. The number of hydrogen-bond donors (Lipinski definition) is 2. The Kier molecular flexibility index (Phi) is 20.6. The Morgan fingerprint density at radius 3 is 0.977 bits per heavy atom. The number of fused-ring (bicyclic) bond motifs is 4. The largest absolute Gasteiger partial charge is 0.493 e. The Morgan fingerprint density at radius 1 is 0.407 bits per heavy atom. The van der Waals surface area contributed by atoms with E-state index < -0.39 is 31.9 Å². The molecule has 14 nitrogen and oxygen atoms in total. The highest BCUT2D eigenvalue weighted by Crippen LogP contribution is 2.45. The second-order valence-corrected chi connectivity index (χ2v) is 30.1. The van der Waals surface area contributed by atoms with Crippen molar-refractivity contribution in [2.75, 3.05) is 52.9 Å². The van der Waals surface area contributed by atoms with Crippen LogP contribution in [0.25, 0.3) is 0 Å². The van der Waals surface area contributed by atoms with Gasteiger partial charge in [0.05, 0.1) is 49.4 Å². The molecule has 1 aliphatic carbocycles. The fraction of sp³-hybridized carbons (Fsp3) is 0.457. The lowest BCUT2D eigenvalue weighted by Crippen LogP contribution is -2.30. The van der Waals surface area contributed by atoms with Crippen molar-refractivity contribution in [2.24, 2.45) is 0 Å². The van der Waals surface area contributed by atoms with Crippen molar-refractivity contribution in [1.82, 2.24) is 9.44 Å². The minimum Gasteiger partial charge on any atom is -0.493 e. The molecule has 0 saturated heterocycles. The van der Waals surface area contributed by atoms with E-state index in [0.29, 0.717) is 63.6 Å². The molecule has 0 fully saturated rings. The molecule has 2 amide bonds. The maximum absolute atomic E-state index is 13.4. The summed E-state index contributed by atoms with van der Waals surface area (Å²) in [4.78, 5) is 26.8. The molecule has 0 atom stereocenters. The van der Waals surface area contributed by atoms with Crippen LogP contribution in [0.3, 0.4) is 0 Å². The highest BCUT2D eigenvalue weighted by molar-refractivity contribution is 7.90. The molecule has 2 N–H and O–H groups in total. The van der Waals surface area contributed by atoms with Gasteiger partial charge in [0, 0.05) is 38.5 Å². The van der Waals surface area contributed by atoms with Crippen molar-refractivity contribution in [1.29, 1.82) is 0 Å². The highest BCUT2D eigenvalue weighted by atomic mass is 32.2. The van der Waals surface area contributed by atoms with Crippen LogP contribution in [0.1, 0.15) is 176 Å². The molecule has 6 aromatic carbocycles. The summed E-state index contributed by atoms with van der Waals surface area (Å²) in [6.07, 6.45) is 1.73. The van der Waals surface area contributed by atoms with Gasteiger partial charge in [0.1, 0.15) is 36.2 Å². The van der Waals surface area contributed by atoms with Crippen LogP contribution >= 0.6 is 0 Å². The number of hydrogen-bond acceptors (Lipinski definition) is 12. The van der Waals surface area contributed by atoms with Gasteiger partial charge in [-0.15, -0.1) is 0 Å². The van der Waals surface area contributed by atoms with E-state index in [1.54, 1.807) is 36.4 Å². The topological polar surface area (TPSA) is 182 Å². The van der Waals surface area contributed by atoms with Crippen molar-refractivity contribution in [3.05, 3.63) is 176 Å². The molecule has 0 saturated carbocycles. The number of rotatable bonds is 14. The van der Waals surface area contributed by atoms with E-state index in [4.69, 9.17) is 28.4 Å². The highest BCUT2D eigenvalue weighted by Gasteiger charge is 2.30. The van der Waals surface area contributed by atoms with Gasteiger partial charge >= 0.3 is 0 Å². The number of ether oxygens (including phenoxy) is 6. The fourth-order valence-electron chi connectivity index (χ4n) is 10.6. The van der Waals surface area contributed by atoms with Crippen LogP contribution in [0, 0.1) is 0 Å². The zero-order valence-electron chi connectivity index (χ0n) is 52.4. The Balaban J connectivity index is 1.34. The monoisotopic (exact) mass is 1210 g/mol. The third-order valence-corrected chi connectivity index (χ3v) is 18.2. The molecule has 0 unspecified atom stereocenters. The molecule has 8 rings (SSSR count). The van der Waals surface area contributed by atoms with E-state index in [1.165, 1.54) is 24.3 Å². The summed E-state index contributed by atoms with van der Waals surface area (Å²) in [7, 11) is -8.19. The summed E-state index contributed by atoms with van der Waals surface area (Å²) in [5.41, 5.74) is 10.5. The van der Waals surface area contributed by atoms with Crippen molar-refractivity contribution in [3.63, 3.8) is 0 Å². The maximum Gasteiger partial charge on any atom is 0.264 e. The van der Waals surface area contributed by atoms with Crippen LogP contribution in [0.15, 0.2) is 119 Å². The predicted molar refractivity (Wildman–Crippen MR) is 337 cm³/mol. The van der Waals surface area contributed by atoms with E-state index in [1.807, 2.05) is 0 Å². The number of nitrogens with one attached hydrogen (secondary N) is 2. The molecule has 0 spiro atoms. The second kappa shape index (κ2) is 27.1. The van der Waals surface area contributed by atoms with E-state index in [9.17, 15) is 26.4 Å². The van der Waals surface area contributed by atoms with Crippen molar-refractivity contribution in [2.45, 2.75) is 166 Å². The van der Waals surface area contributed by atoms with Crippen molar-refractivity contribution in [3.8, 4) is 23.0 Å². The van der Waals surface area contributed by atoms with Crippen LogP contribution < -0.4 is 28.4 Å². The van der Waals surface area contributed by atoms with Crippen LogP contribution in [0.4, 0.5) is 0 Å². The Hall–Kier alpha value is -6.72. The molecule has 10 bridgehead atoms. The third-order valence-electron chi connectivity index (χ3n) is 15.5. The molecule has 0 aromatic heterocycles. The molecule has 1 aliphatic heterocycles. The lowest BCUT2D eigenvalue weighted by molar-refractivity contribution is -0.120. The molecular formula is C70H88N2O12S2. The van der Waals surface area contributed by atoms with Crippen LogP contribution in [-0.4, -0.2) is 81.5 Å². The fourth-order valence-corrected chi connectivity index (χ4v) is 12.7. The van der Waals surface area contributed by atoms with E-state index >= 15 is 0 Å². The predicted octanol–water partition coefficient (Wildman–Crippen LogP) is 12.7. The lowest BCUT2D eigenvalue weighted by Gasteiger charge is -2.29. The zero-order valence-corrected chi connectivity index (χ0v) is 54.1. The quantitative estimate of drug-likeness (QED) is 0.0985. The minimum atomic E-state index is -4.09. The summed E-state index contributed by atoms with van der Waals surface area (Å²) in [5.74, 6) is 1.45. The smallest absolute Gasteiger partial charge is 0.264 e. The molecule has 462 valence electrons. The normalized spacial score (nSPS) is 14.7. The molecule has 1 heterocycles. The van der Waals surface area contributed by atoms with Gasteiger partial charge in [0.2, 0.25) is 11.8 Å². The SMILES string of the molecule is CC(C)(C)c1cc2c(OCCCC(=O)NS(=O)(=O)c3ccccc3)c(c1)Cc1cc(C(C)(C)C)cc3c1OCCOCCOCCOc1c(cc(C(C)(C)C)cc1C3)Cc1cc(C(C)(C)C)cc(c1OCCCC(=O)NS(=O)(=O)c1ccccc1)C2. The number of carbonyl (C=O) groups is 2. The zero-order chi connectivity index (χ0) is 62.2. The van der Waals surface area contributed by atoms with E-state index in [2.05, 4.69) is 141 Å². The first-order valence-electron chi connectivity index (χ1n) is 30.0. The van der Waals surface area contributed by atoms with Crippen LogP contribution in [-0.2, 0) is 86.5 Å². The number of carbonyl (C=O) groups excluding carboxylic acids is 2. The summed E-state index contributed by atoms with van der Waals surface area (Å²) >= 11 is 0. The van der Waals surface area contributed by atoms with E-state index in [-0.39, 0.29) is 83.6 Å². The Bertz CT molecular complexity index is 3370. The Labute approximate surface area is 511 Å². The second-order valence-electron chi connectivity index (χ2n) is 26.7. The molecule has 6 aromatic rings. The summed E-state index contributed by atoms with van der Waals surface area (Å²) in [6.45, 7) is 28.6. The van der Waals surface area contributed by atoms with Crippen molar-refractivity contribution >= 4 is 31.9 Å². The van der Waals surface area contributed by atoms with Gasteiger partial charge < -0.3 is 28.4 Å². The standard InChI is InChI=1S/C70H88N2O12S2/c1-67(2,3)55-39-47-35-48-40-56(68(4,5)6)42-50(64(48)82-28-20-26-62(74)72-86(77,78)60-23-17-14-18-24-60)37-52-44-58(70(10,11)12)46-54-38-53-45-57(69(7,8)9)43-51(65(53)83-33-31-79-29-30-80-32-34-84-66(52)54)36-49(41-55)63(47)81-27-19-25-61(73)71-85(75,76)59-21-15-13-16-22-59/h13-18,21-24,39-46H,19-20,25-38H2,1-12H3,(H,71,73)(H,72,74). The van der Waals surface area contributed by atoms with Crippen LogP contribution in [0.5, 0.6) is 23.0 Å². The molecule has 86 heavy (non-hydrogen) atoms. The van der Waals surface area contributed by atoms with Gasteiger partial charge in [-0.25, -0.2) is 26.3 Å². The first-order valence-corrected chi connectivity index (χ1v) is 33.0. The number of amides is 2. The van der Waals surface area contributed by atoms with Gasteiger partial charge in [-0.2, -0.15) is 0 Å². The third kappa shape index (κ3) is 17.1. The van der Waals surface area contributed by atoms with Gasteiger partial charge in [-0.05, 0) is 126 Å². The van der Waals surface area contributed by atoms with Crippen molar-refractivity contribution < 1.29 is 54.8 Å². The molecule has 0 radical (unpaired) electrons.